The molecule has 0 aromatic carbocycles. The van der Waals surface area contributed by atoms with Crippen LogP contribution >= 0.6 is 0 Å². The van der Waals surface area contributed by atoms with E-state index in [1.165, 1.54) is 5.57 Å². The summed E-state index contributed by atoms with van der Waals surface area (Å²) < 4.78 is 0. The lowest BCUT2D eigenvalue weighted by atomic mass is 9.86. The van der Waals surface area contributed by atoms with Gasteiger partial charge in [0.2, 0.25) is 0 Å². The first kappa shape index (κ1) is 12.3. The normalized spacial score (nSPS) is 21.8. The van der Waals surface area contributed by atoms with E-state index in [1.54, 1.807) is 0 Å². The van der Waals surface area contributed by atoms with Gasteiger partial charge in [0.1, 0.15) is 5.71 Å². The monoisotopic (exact) mass is 234 g/mol. The van der Waals surface area contributed by atoms with Crippen molar-refractivity contribution in [3.05, 3.63) is 11.8 Å². The summed E-state index contributed by atoms with van der Waals surface area (Å²) in [5.41, 5.74) is 1.91. The quantitative estimate of drug-likeness (QED) is 0.723. The Bertz CT molecular complexity index is 360. The van der Waals surface area contributed by atoms with Crippen molar-refractivity contribution in [3.8, 4) is 0 Å². The van der Waals surface area contributed by atoms with Crippen molar-refractivity contribution < 1.29 is 4.79 Å². The molecule has 0 aliphatic carbocycles. The van der Waals surface area contributed by atoms with Gasteiger partial charge in [-0.2, -0.15) is 0 Å². The third kappa shape index (κ3) is 2.76. The van der Waals surface area contributed by atoms with Crippen LogP contribution in [-0.4, -0.2) is 29.6 Å². The van der Waals surface area contributed by atoms with Gasteiger partial charge in [-0.25, -0.2) is 0 Å². The second kappa shape index (κ2) is 5.03. The van der Waals surface area contributed by atoms with Crippen LogP contribution in [0.4, 0.5) is 0 Å². The maximum atomic E-state index is 12.2. The lowest BCUT2D eigenvalue weighted by molar-refractivity contribution is -0.125. The molecule has 1 saturated heterocycles. The van der Waals surface area contributed by atoms with E-state index >= 15 is 0 Å². The molecule has 0 spiro atoms. The lowest BCUT2D eigenvalue weighted by Gasteiger charge is -2.33. The fourth-order valence-corrected chi connectivity index (χ4v) is 2.63. The number of aliphatic imine (C=N–C) groups is 1. The number of nitrogens with zero attached hydrogens (tertiary/aromatic N) is 2. The van der Waals surface area contributed by atoms with E-state index in [0.717, 1.165) is 49.9 Å². The van der Waals surface area contributed by atoms with Crippen molar-refractivity contribution in [2.75, 3.05) is 13.1 Å². The standard InChI is InChI=1S/C14H22N2O/c1-10(2)12-4-6-16(7-5-12)14(17)13-8-11(3)9-15-13/h9-10,12H,4-8H2,1-3H3. The summed E-state index contributed by atoms with van der Waals surface area (Å²) >= 11 is 0. The average Bonchev–Trinajstić information content (AvgIpc) is 2.75. The van der Waals surface area contributed by atoms with Crippen LogP contribution in [0.1, 0.15) is 40.0 Å². The molecule has 0 radical (unpaired) electrons. The largest absolute Gasteiger partial charge is 0.338 e. The van der Waals surface area contributed by atoms with Crippen molar-refractivity contribution in [3.63, 3.8) is 0 Å². The summed E-state index contributed by atoms with van der Waals surface area (Å²) in [6.45, 7) is 8.38. The molecule has 3 nitrogen and oxygen atoms in total. The highest BCUT2D eigenvalue weighted by atomic mass is 16.2. The molecule has 0 N–H and O–H groups in total. The van der Waals surface area contributed by atoms with E-state index in [4.69, 9.17) is 0 Å². The number of piperidine rings is 1. The van der Waals surface area contributed by atoms with E-state index in [2.05, 4.69) is 18.8 Å². The van der Waals surface area contributed by atoms with Crippen LogP contribution in [0, 0.1) is 11.8 Å². The molecular weight excluding hydrogens is 212 g/mol. The third-order valence-electron chi connectivity index (χ3n) is 3.90. The predicted molar refractivity (Wildman–Crippen MR) is 70.0 cm³/mol. The minimum Gasteiger partial charge on any atom is -0.338 e. The number of rotatable bonds is 2. The highest BCUT2D eigenvalue weighted by Gasteiger charge is 2.27. The summed E-state index contributed by atoms with van der Waals surface area (Å²) in [6.07, 6.45) is 4.84. The van der Waals surface area contributed by atoms with Crippen LogP contribution in [-0.2, 0) is 4.79 Å². The molecule has 3 heteroatoms. The van der Waals surface area contributed by atoms with E-state index in [-0.39, 0.29) is 5.91 Å². The molecule has 2 aliphatic heterocycles. The number of hydrogen-bond acceptors (Lipinski definition) is 2. The smallest absolute Gasteiger partial charge is 0.268 e. The van der Waals surface area contributed by atoms with Gasteiger partial charge in [0.25, 0.3) is 5.91 Å². The molecule has 2 rings (SSSR count). The van der Waals surface area contributed by atoms with Crippen molar-refractivity contribution in [1.82, 2.24) is 4.90 Å². The number of allylic oxidation sites excluding steroid dienone is 1. The van der Waals surface area contributed by atoms with Gasteiger partial charge in [0.15, 0.2) is 0 Å². The maximum Gasteiger partial charge on any atom is 0.268 e. The van der Waals surface area contributed by atoms with E-state index in [1.807, 2.05) is 18.0 Å². The van der Waals surface area contributed by atoms with Crippen LogP contribution in [0.25, 0.3) is 0 Å². The Kier molecular flexibility index (Phi) is 3.65. The van der Waals surface area contributed by atoms with Gasteiger partial charge < -0.3 is 4.90 Å². The predicted octanol–water partition coefficient (Wildman–Crippen LogP) is 2.63. The van der Waals surface area contributed by atoms with Crippen molar-refractivity contribution in [2.45, 2.75) is 40.0 Å². The molecular formula is C14H22N2O. The Morgan fingerprint density at radius 2 is 2.06 bits per heavy atom. The second-order valence-corrected chi connectivity index (χ2v) is 5.60. The topological polar surface area (TPSA) is 32.7 Å². The molecule has 0 aromatic rings. The van der Waals surface area contributed by atoms with E-state index < -0.39 is 0 Å². The first-order chi connectivity index (χ1) is 8.08. The van der Waals surface area contributed by atoms with Crippen LogP contribution in [0.15, 0.2) is 16.8 Å². The number of likely N-dealkylation sites (tertiary alicyclic amines) is 1. The van der Waals surface area contributed by atoms with Gasteiger partial charge in [0.05, 0.1) is 0 Å². The van der Waals surface area contributed by atoms with Crippen LogP contribution in [0.3, 0.4) is 0 Å². The maximum absolute atomic E-state index is 12.2. The Hall–Kier alpha value is -1.12. The highest BCUT2D eigenvalue weighted by Crippen LogP contribution is 2.25. The molecule has 2 heterocycles. The molecule has 0 unspecified atom stereocenters. The third-order valence-corrected chi connectivity index (χ3v) is 3.90. The van der Waals surface area contributed by atoms with Gasteiger partial charge >= 0.3 is 0 Å². The SMILES string of the molecule is CC1=CN=C(C(=O)N2CCC(C(C)C)CC2)C1. The molecule has 2 aliphatic rings. The number of carbonyl (C=O) groups excluding carboxylic acids is 1. The molecule has 0 atom stereocenters. The van der Waals surface area contributed by atoms with E-state index in [0.29, 0.717) is 0 Å². The molecule has 1 amide bonds. The Balaban J connectivity index is 1.87. The molecule has 0 saturated carbocycles. The summed E-state index contributed by atoms with van der Waals surface area (Å²) in [6, 6.07) is 0. The van der Waals surface area contributed by atoms with Gasteiger partial charge in [-0.1, -0.05) is 13.8 Å². The molecule has 0 aromatic heterocycles. The zero-order valence-corrected chi connectivity index (χ0v) is 11.1. The molecule has 0 bridgehead atoms. The summed E-state index contributed by atoms with van der Waals surface area (Å²) in [7, 11) is 0. The van der Waals surface area contributed by atoms with Gasteiger partial charge in [-0.15, -0.1) is 0 Å². The first-order valence-electron chi connectivity index (χ1n) is 6.59. The first-order valence-corrected chi connectivity index (χ1v) is 6.59. The highest BCUT2D eigenvalue weighted by molar-refractivity contribution is 6.40. The molecule has 17 heavy (non-hydrogen) atoms. The van der Waals surface area contributed by atoms with Crippen molar-refractivity contribution >= 4 is 11.6 Å². The summed E-state index contributed by atoms with van der Waals surface area (Å²) in [5, 5.41) is 0. The van der Waals surface area contributed by atoms with Crippen LogP contribution in [0.2, 0.25) is 0 Å². The molecule has 1 fully saturated rings. The fraction of sp³-hybridized carbons (Fsp3) is 0.714. The average molecular weight is 234 g/mol. The van der Waals surface area contributed by atoms with E-state index in [9.17, 15) is 4.79 Å². The minimum atomic E-state index is 0.153. The molecule has 94 valence electrons. The Morgan fingerprint density at radius 3 is 2.53 bits per heavy atom. The Morgan fingerprint density at radius 1 is 1.41 bits per heavy atom. The second-order valence-electron chi connectivity index (χ2n) is 5.60. The lowest BCUT2D eigenvalue weighted by Crippen LogP contribution is -2.42. The van der Waals surface area contributed by atoms with Crippen LogP contribution in [0.5, 0.6) is 0 Å². The van der Waals surface area contributed by atoms with Gasteiger partial charge in [-0.05, 0) is 37.2 Å². The fourth-order valence-electron chi connectivity index (χ4n) is 2.63. The zero-order valence-electron chi connectivity index (χ0n) is 11.1. The van der Waals surface area contributed by atoms with Crippen LogP contribution < -0.4 is 0 Å². The number of hydrogen-bond donors (Lipinski definition) is 0. The minimum absolute atomic E-state index is 0.153. The Labute approximate surface area is 104 Å². The van der Waals surface area contributed by atoms with Gasteiger partial charge in [0, 0.05) is 25.7 Å². The van der Waals surface area contributed by atoms with Crippen molar-refractivity contribution in [2.24, 2.45) is 16.8 Å². The van der Waals surface area contributed by atoms with Crippen molar-refractivity contribution in [1.29, 1.82) is 0 Å². The number of carbonyl (C=O) groups is 1. The zero-order chi connectivity index (χ0) is 12.4. The summed E-state index contributed by atoms with van der Waals surface area (Å²) in [5.74, 6) is 1.67. The van der Waals surface area contributed by atoms with Gasteiger partial charge in [-0.3, -0.25) is 9.79 Å². The summed E-state index contributed by atoms with van der Waals surface area (Å²) in [4.78, 5) is 18.4. The number of amides is 1.